The smallest absolute Gasteiger partial charge is 0.475 e. The van der Waals surface area contributed by atoms with Gasteiger partial charge in [-0.1, -0.05) is 6.08 Å². The average Bonchev–Trinajstić information content (AvgIpc) is 3.07. The number of nitrogens with two attached hydrogens (primary N) is 1. The molecule has 1 aromatic heterocycles. The van der Waals surface area contributed by atoms with Crippen LogP contribution in [0.2, 0.25) is 0 Å². The number of aromatic nitrogens is 1. The highest BCUT2D eigenvalue weighted by Gasteiger charge is 2.38. The minimum absolute atomic E-state index is 0.123. The number of carbonyl (C=O) groups is 2. The molecule has 2 heterocycles. The van der Waals surface area contributed by atoms with Crippen LogP contribution in [0.25, 0.3) is 10.8 Å². The van der Waals surface area contributed by atoms with Gasteiger partial charge in [-0.3, -0.25) is 4.79 Å². The number of halogens is 3. The minimum Gasteiger partial charge on any atom is -0.475 e. The molecule has 1 saturated heterocycles. The molecule has 0 aliphatic carbocycles. The quantitative estimate of drug-likeness (QED) is 0.672. The highest BCUT2D eigenvalue weighted by Crippen LogP contribution is 2.28. The van der Waals surface area contributed by atoms with E-state index in [-0.39, 0.29) is 11.9 Å². The van der Waals surface area contributed by atoms with E-state index in [1.54, 1.807) is 12.3 Å². The first-order valence-corrected chi connectivity index (χ1v) is 8.75. The van der Waals surface area contributed by atoms with Crippen LogP contribution in [0.4, 0.5) is 24.7 Å². The summed E-state index contributed by atoms with van der Waals surface area (Å²) in [6.07, 6.45) is 0.942. The van der Waals surface area contributed by atoms with E-state index in [1.807, 2.05) is 31.2 Å². The van der Waals surface area contributed by atoms with Crippen LogP contribution in [0, 0.1) is 0 Å². The van der Waals surface area contributed by atoms with E-state index in [1.165, 1.54) is 6.08 Å². The lowest BCUT2D eigenvalue weighted by atomic mass is 10.1. The van der Waals surface area contributed by atoms with Gasteiger partial charge in [-0.25, -0.2) is 9.78 Å². The number of hydrogen-bond donors (Lipinski definition) is 3. The molecule has 0 saturated carbocycles. The lowest BCUT2D eigenvalue weighted by molar-refractivity contribution is -0.192. The van der Waals surface area contributed by atoms with Crippen LogP contribution in [0.3, 0.4) is 0 Å². The third-order valence-corrected chi connectivity index (χ3v) is 4.10. The van der Waals surface area contributed by atoms with Gasteiger partial charge in [0.2, 0.25) is 5.91 Å². The van der Waals surface area contributed by atoms with E-state index in [2.05, 4.69) is 15.2 Å². The molecular weight excluding hydrogens is 389 g/mol. The predicted octanol–water partition coefficient (Wildman–Crippen LogP) is 2.92. The van der Waals surface area contributed by atoms with Crippen molar-refractivity contribution in [3.8, 4) is 0 Å². The van der Waals surface area contributed by atoms with Gasteiger partial charge in [0.15, 0.2) is 0 Å². The van der Waals surface area contributed by atoms with Crippen LogP contribution in [0.1, 0.15) is 13.3 Å². The van der Waals surface area contributed by atoms with Gasteiger partial charge in [-0.2, -0.15) is 13.2 Å². The Morgan fingerprint density at radius 3 is 2.59 bits per heavy atom. The second-order valence-corrected chi connectivity index (χ2v) is 6.36. The number of hydrogen-bond acceptors (Lipinski definition) is 5. The lowest BCUT2D eigenvalue weighted by Gasteiger charge is -2.19. The van der Waals surface area contributed by atoms with Crippen LogP contribution < -0.4 is 16.0 Å². The van der Waals surface area contributed by atoms with Crippen molar-refractivity contribution < 1.29 is 27.9 Å². The van der Waals surface area contributed by atoms with E-state index in [0.717, 1.165) is 41.8 Å². The summed E-state index contributed by atoms with van der Waals surface area (Å²) < 4.78 is 31.7. The molecule has 1 atom stereocenters. The zero-order chi connectivity index (χ0) is 21.6. The molecule has 0 unspecified atom stereocenters. The zero-order valence-electron chi connectivity index (χ0n) is 15.6. The largest absolute Gasteiger partial charge is 0.490 e. The van der Waals surface area contributed by atoms with Crippen molar-refractivity contribution in [1.29, 1.82) is 0 Å². The molecule has 0 bridgehead atoms. The molecule has 4 N–H and O–H groups in total. The van der Waals surface area contributed by atoms with Crippen molar-refractivity contribution in [1.82, 2.24) is 4.98 Å². The van der Waals surface area contributed by atoms with Crippen molar-refractivity contribution in [3.63, 3.8) is 0 Å². The summed E-state index contributed by atoms with van der Waals surface area (Å²) in [5.74, 6) is -1.91. The van der Waals surface area contributed by atoms with Gasteiger partial charge in [0, 0.05) is 36.4 Å². The molecule has 1 fully saturated rings. The number of carboxylic acids is 1. The monoisotopic (exact) mass is 410 g/mol. The highest BCUT2D eigenvalue weighted by molar-refractivity contribution is 6.02. The summed E-state index contributed by atoms with van der Waals surface area (Å²) >= 11 is 0. The Hall–Kier alpha value is -3.14. The maximum Gasteiger partial charge on any atom is 0.490 e. The normalized spacial score (nSPS) is 16.6. The topological polar surface area (TPSA) is 109 Å². The third-order valence-electron chi connectivity index (χ3n) is 4.10. The molecule has 1 aromatic carbocycles. The minimum atomic E-state index is -5.08. The fourth-order valence-corrected chi connectivity index (χ4v) is 2.81. The number of aliphatic carboxylic acids is 1. The van der Waals surface area contributed by atoms with Gasteiger partial charge in [-0.15, -0.1) is 0 Å². The van der Waals surface area contributed by atoms with Crippen molar-refractivity contribution in [3.05, 3.63) is 42.6 Å². The highest BCUT2D eigenvalue weighted by atomic mass is 19.4. The number of fused-ring (bicyclic) bond motifs is 1. The number of carboxylic acid groups (broad SMARTS) is 1. The Kier molecular flexibility index (Phi) is 7.16. The van der Waals surface area contributed by atoms with Gasteiger partial charge < -0.3 is 21.1 Å². The molecular formula is C19H21F3N4O3. The molecule has 1 aliphatic rings. The molecule has 0 spiro atoms. The van der Waals surface area contributed by atoms with Crippen LogP contribution in [0.15, 0.2) is 42.6 Å². The van der Waals surface area contributed by atoms with Gasteiger partial charge in [0.1, 0.15) is 5.82 Å². The molecule has 1 amide bonds. The maximum atomic E-state index is 11.6. The summed E-state index contributed by atoms with van der Waals surface area (Å²) in [4.78, 5) is 27.3. The van der Waals surface area contributed by atoms with E-state index in [9.17, 15) is 18.0 Å². The standard InChI is InChI=1S/C17H20N4O.C2HF3O2/c1-2-3-16(22)20-14-4-5-15-12(10-14)6-8-19-17(15)21-9-7-13(18)11-21;3-2(4,5)1(6)7/h2-6,8,10,13H,7,9,11,18H2,1H3,(H,20,22);(H,6,7)/b3-2+;/t13-;/m1./s1. The summed E-state index contributed by atoms with van der Waals surface area (Å²) in [6, 6.07) is 8.06. The third kappa shape index (κ3) is 6.18. The summed E-state index contributed by atoms with van der Waals surface area (Å²) in [5, 5.41) is 12.1. The zero-order valence-corrected chi connectivity index (χ0v) is 15.6. The number of nitrogens with one attached hydrogen (secondary N) is 1. The molecule has 2 aromatic rings. The molecule has 156 valence electrons. The molecule has 7 nitrogen and oxygen atoms in total. The Bertz CT molecular complexity index is 915. The SMILES string of the molecule is C/C=C/C(=O)Nc1ccc2c(N3CC[C@@H](N)C3)nccc2c1.O=C(O)C(F)(F)F. The fourth-order valence-electron chi connectivity index (χ4n) is 2.81. The van der Waals surface area contributed by atoms with Crippen LogP contribution in [-0.4, -0.2) is 47.3 Å². The molecule has 3 rings (SSSR count). The molecule has 10 heteroatoms. The van der Waals surface area contributed by atoms with Crippen LogP contribution >= 0.6 is 0 Å². The molecule has 29 heavy (non-hydrogen) atoms. The number of pyridine rings is 1. The second kappa shape index (κ2) is 9.37. The van der Waals surface area contributed by atoms with Crippen molar-refractivity contribution in [2.24, 2.45) is 5.73 Å². The fraction of sp³-hybridized carbons (Fsp3) is 0.316. The van der Waals surface area contributed by atoms with Crippen molar-refractivity contribution >= 4 is 34.2 Å². The van der Waals surface area contributed by atoms with E-state index >= 15 is 0 Å². The van der Waals surface area contributed by atoms with Gasteiger partial charge >= 0.3 is 12.1 Å². The number of rotatable bonds is 3. The number of anilines is 2. The number of carbonyl (C=O) groups excluding carboxylic acids is 1. The van der Waals surface area contributed by atoms with E-state index in [0.29, 0.717) is 0 Å². The van der Waals surface area contributed by atoms with Gasteiger partial charge in [-0.05, 0) is 49.1 Å². The lowest BCUT2D eigenvalue weighted by Crippen LogP contribution is -2.26. The first-order chi connectivity index (χ1) is 13.6. The van der Waals surface area contributed by atoms with Crippen molar-refractivity contribution in [2.75, 3.05) is 23.3 Å². The number of amides is 1. The number of allylic oxidation sites excluding steroid dienone is 1. The van der Waals surface area contributed by atoms with Gasteiger partial charge in [0.05, 0.1) is 0 Å². The van der Waals surface area contributed by atoms with E-state index < -0.39 is 12.1 Å². The number of nitrogens with zero attached hydrogens (tertiary/aromatic N) is 2. The van der Waals surface area contributed by atoms with Crippen molar-refractivity contribution in [2.45, 2.75) is 25.6 Å². The summed E-state index contributed by atoms with van der Waals surface area (Å²) in [7, 11) is 0. The Morgan fingerprint density at radius 1 is 1.34 bits per heavy atom. The average molecular weight is 410 g/mol. The molecule has 1 aliphatic heterocycles. The number of benzene rings is 1. The molecule has 0 radical (unpaired) electrons. The van der Waals surface area contributed by atoms with Crippen LogP contribution in [-0.2, 0) is 9.59 Å². The Morgan fingerprint density at radius 2 is 2.03 bits per heavy atom. The van der Waals surface area contributed by atoms with Crippen LogP contribution in [0.5, 0.6) is 0 Å². The second-order valence-electron chi connectivity index (χ2n) is 6.36. The Labute approximate surface area is 165 Å². The summed E-state index contributed by atoms with van der Waals surface area (Å²) in [5.41, 5.74) is 6.77. The van der Waals surface area contributed by atoms with Gasteiger partial charge in [0.25, 0.3) is 0 Å². The number of alkyl halides is 3. The predicted molar refractivity (Wildman–Crippen MR) is 104 cm³/mol. The summed E-state index contributed by atoms with van der Waals surface area (Å²) in [6.45, 7) is 3.59. The maximum absolute atomic E-state index is 11.6. The first kappa shape index (κ1) is 22.2. The Balaban J connectivity index is 0.000000370. The van der Waals surface area contributed by atoms with E-state index in [4.69, 9.17) is 15.6 Å². The first-order valence-electron chi connectivity index (χ1n) is 8.75.